The van der Waals surface area contributed by atoms with Gasteiger partial charge in [-0.15, -0.1) is 12.4 Å². The van der Waals surface area contributed by atoms with Crippen LogP contribution in [0.5, 0.6) is 0 Å². The van der Waals surface area contributed by atoms with Gasteiger partial charge in [0.05, 0.1) is 17.7 Å². The van der Waals surface area contributed by atoms with Gasteiger partial charge in [0.1, 0.15) is 0 Å². The molecule has 0 unspecified atom stereocenters. The molecule has 1 aromatic rings. The van der Waals surface area contributed by atoms with E-state index in [-0.39, 0.29) is 23.0 Å². The van der Waals surface area contributed by atoms with Crippen molar-refractivity contribution >= 4 is 24.0 Å². The van der Waals surface area contributed by atoms with Crippen molar-refractivity contribution in [3.8, 4) is 0 Å². The van der Waals surface area contributed by atoms with Crippen LogP contribution in [0, 0.1) is 5.41 Å². The number of rotatable bonds is 2. The van der Waals surface area contributed by atoms with Gasteiger partial charge in [-0.3, -0.25) is 0 Å². The summed E-state index contributed by atoms with van der Waals surface area (Å²) < 4.78 is 38.1. The highest BCUT2D eigenvalue weighted by molar-refractivity contribution is 6.30. The molecule has 1 aromatic carbocycles. The summed E-state index contributed by atoms with van der Waals surface area (Å²) in [5.74, 6) is 0. The summed E-state index contributed by atoms with van der Waals surface area (Å²) in [4.78, 5) is 0. The molecule has 116 valence electrons. The zero-order valence-corrected chi connectivity index (χ0v) is 12.9. The Bertz CT molecular complexity index is 458. The highest BCUT2D eigenvalue weighted by Crippen LogP contribution is 2.35. The summed E-state index contributed by atoms with van der Waals surface area (Å²) in [5.41, 5.74) is 4.59. The van der Waals surface area contributed by atoms with Crippen molar-refractivity contribution in [2.45, 2.75) is 39.1 Å². The quantitative estimate of drug-likeness (QED) is 0.853. The summed E-state index contributed by atoms with van der Waals surface area (Å²) in [6.07, 6.45) is -5.47. The van der Waals surface area contributed by atoms with Crippen LogP contribution in [0.1, 0.15) is 37.9 Å². The van der Waals surface area contributed by atoms with Gasteiger partial charge < -0.3 is 10.8 Å². The Morgan fingerprint density at radius 1 is 1.15 bits per heavy atom. The Morgan fingerprint density at radius 2 is 1.65 bits per heavy atom. The standard InChI is InChI=1S/C13H17ClF3NO.ClH/c1-12(2,3)11(19)10(18)7-4-8(13(15,16)17)6-9(14)5-7;/h4-6,10-11,19H,18H2,1-3H3;1H/t10-,11-;/m0./s1. The van der Waals surface area contributed by atoms with Crippen LogP contribution in [0.15, 0.2) is 18.2 Å². The average Bonchev–Trinajstić information content (AvgIpc) is 2.23. The summed E-state index contributed by atoms with van der Waals surface area (Å²) in [6.45, 7) is 5.27. The first-order valence-electron chi connectivity index (χ1n) is 5.74. The Kier molecular flexibility index (Phi) is 6.36. The maximum atomic E-state index is 12.7. The molecule has 0 aliphatic rings. The SMILES string of the molecule is CC(C)(C)[C@@H](O)[C@@H](N)c1cc(Cl)cc(C(F)(F)F)c1.Cl. The molecule has 1 rings (SSSR count). The van der Waals surface area contributed by atoms with Crippen LogP contribution >= 0.6 is 24.0 Å². The number of halogens is 5. The van der Waals surface area contributed by atoms with Gasteiger partial charge in [0, 0.05) is 5.02 Å². The van der Waals surface area contributed by atoms with E-state index < -0.39 is 29.3 Å². The zero-order chi connectivity index (χ0) is 15.0. The number of hydrogen-bond donors (Lipinski definition) is 2. The second-order valence-corrected chi connectivity index (χ2v) is 6.04. The fraction of sp³-hybridized carbons (Fsp3) is 0.538. The van der Waals surface area contributed by atoms with Crippen molar-refractivity contribution in [1.29, 1.82) is 0 Å². The Labute approximate surface area is 127 Å². The largest absolute Gasteiger partial charge is 0.416 e. The summed E-state index contributed by atoms with van der Waals surface area (Å²) in [5, 5.41) is 9.99. The van der Waals surface area contributed by atoms with E-state index in [1.54, 1.807) is 20.8 Å². The maximum absolute atomic E-state index is 12.7. The van der Waals surface area contributed by atoms with E-state index in [0.717, 1.165) is 12.1 Å². The van der Waals surface area contributed by atoms with Crippen LogP contribution in [0.4, 0.5) is 13.2 Å². The van der Waals surface area contributed by atoms with E-state index in [2.05, 4.69) is 0 Å². The van der Waals surface area contributed by atoms with E-state index >= 15 is 0 Å². The number of alkyl halides is 3. The number of aliphatic hydroxyl groups excluding tert-OH is 1. The molecule has 0 aromatic heterocycles. The summed E-state index contributed by atoms with van der Waals surface area (Å²) in [6, 6.07) is 2.17. The van der Waals surface area contributed by atoms with Gasteiger partial charge >= 0.3 is 6.18 Å². The summed E-state index contributed by atoms with van der Waals surface area (Å²) >= 11 is 5.68. The molecule has 2 nitrogen and oxygen atoms in total. The van der Waals surface area contributed by atoms with Crippen LogP contribution in [-0.4, -0.2) is 11.2 Å². The van der Waals surface area contributed by atoms with Gasteiger partial charge in [-0.05, 0) is 29.2 Å². The van der Waals surface area contributed by atoms with Crippen LogP contribution in [0.25, 0.3) is 0 Å². The molecule has 0 bridgehead atoms. The molecule has 0 amide bonds. The molecule has 0 heterocycles. The molecular formula is C13H18Cl2F3NO. The lowest BCUT2D eigenvalue weighted by atomic mass is 9.82. The minimum atomic E-state index is -4.49. The lowest BCUT2D eigenvalue weighted by Crippen LogP contribution is -2.37. The van der Waals surface area contributed by atoms with Crippen LogP contribution in [0.3, 0.4) is 0 Å². The van der Waals surface area contributed by atoms with Gasteiger partial charge in [0.15, 0.2) is 0 Å². The first-order valence-corrected chi connectivity index (χ1v) is 6.12. The fourth-order valence-corrected chi connectivity index (χ4v) is 1.93. The minimum Gasteiger partial charge on any atom is -0.391 e. The van der Waals surface area contributed by atoms with Crippen molar-refractivity contribution in [3.05, 3.63) is 34.3 Å². The second-order valence-electron chi connectivity index (χ2n) is 5.61. The fourth-order valence-electron chi connectivity index (χ4n) is 1.69. The molecule has 0 saturated carbocycles. The molecule has 0 spiro atoms. The second kappa shape index (κ2) is 6.52. The van der Waals surface area contributed by atoms with E-state index in [0.29, 0.717) is 0 Å². The van der Waals surface area contributed by atoms with Gasteiger partial charge in [-0.25, -0.2) is 0 Å². The van der Waals surface area contributed by atoms with E-state index in [4.69, 9.17) is 17.3 Å². The molecule has 0 radical (unpaired) electrons. The molecule has 20 heavy (non-hydrogen) atoms. The maximum Gasteiger partial charge on any atom is 0.416 e. The third-order valence-corrected chi connectivity index (χ3v) is 3.08. The van der Waals surface area contributed by atoms with Crippen molar-refractivity contribution in [3.63, 3.8) is 0 Å². The predicted octanol–water partition coefficient (Wildman–Crippen LogP) is 4.19. The molecular weight excluding hydrogens is 314 g/mol. The van der Waals surface area contributed by atoms with Gasteiger partial charge in [0.25, 0.3) is 0 Å². The number of aliphatic hydroxyl groups is 1. The molecule has 2 atom stereocenters. The number of nitrogens with two attached hydrogens (primary N) is 1. The van der Waals surface area contributed by atoms with Gasteiger partial charge in [-0.1, -0.05) is 32.4 Å². The third kappa shape index (κ3) is 4.81. The third-order valence-electron chi connectivity index (χ3n) is 2.86. The van der Waals surface area contributed by atoms with Crippen LogP contribution < -0.4 is 5.73 Å². The minimum absolute atomic E-state index is 0. The molecule has 0 aliphatic carbocycles. The van der Waals surface area contributed by atoms with Crippen molar-refractivity contribution in [2.24, 2.45) is 11.1 Å². The topological polar surface area (TPSA) is 46.2 Å². The van der Waals surface area contributed by atoms with Crippen molar-refractivity contribution in [2.75, 3.05) is 0 Å². The zero-order valence-electron chi connectivity index (χ0n) is 11.3. The number of benzene rings is 1. The lowest BCUT2D eigenvalue weighted by molar-refractivity contribution is -0.137. The first kappa shape index (κ1) is 19.5. The predicted molar refractivity (Wildman–Crippen MR) is 76.1 cm³/mol. The van der Waals surface area contributed by atoms with Crippen LogP contribution in [-0.2, 0) is 6.18 Å². The highest BCUT2D eigenvalue weighted by atomic mass is 35.5. The molecule has 3 N–H and O–H groups in total. The normalized spacial score (nSPS) is 15.4. The highest BCUT2D eigenvalue weighted by Gasteiger charge is 2.34. The van der Waals surface area contributed by atoms with E-state index in [1.807, 2.05) is 0 Å². The first-order chi connectivity index (χ1) is 8.43. The monoisotopic (exact) mass is 331 g/mol. The molecule has 0 fully saturated rings. The van der Waals surface area contributed by atoms with E-state index in [9.17, 15) is 18.3 Å². The Hall–Kier alpha value is -0.490. The molecule has 0 aliphatic heterocycles. The smallest absolute Gasteiger partial charge is 0.391 e. The Balaban J connectivity index is 0.00000361. The average molecular weight is 332 g/mol. The number of hydrogen-bond acceptors (Lipinski definition) is 2. The Morgan fingerprint density at radius 3 is 2.05 bits per heavy atom. The van der Waals surface area contributed by atoms with Gasteiger partial charge in [-0.2, -0.15) is 13.2 Å². The van der Waals surface area contributed by atoms with E-state index in [1.165, 1.54) is 6.07 Å². The van der Waals surface area contributed by atoms with Crippen molar-refractivity contribution < 1.29 is 18.3 Å². The molecule has 0 saturated heterocycles. The van der Waals surface area contributed by atoms with Gasteiger partial charge in [0.2, 0.25) is 0 Å². The lowest BCUT2D eigenvalue weighted by Gasteiger charge is -2.31. The van der Waals surface area contributed by atoms with Crippen LogP contribution in [0.2, 0.25) is 5.02 Å². The van der Waals surface area contributed by atoms with Crippen molar-refractivity contribution in [1.82, 2.24) is 0 Å². The summed E-state index contributed by atoms with van der Waals surface area (Å²) in [7, 11) is 0. The molecule has 7 heteroatoms.